The number of halogens is 1. The molecule has 0 aliphatic carbocycles. The van der Waals surface area contributed by atoms with Crippen molar-refractivity contribution in [2.75, 3.05) is 20.3 Å². The van der Waals surface area contributed by atoms with E-state index in [0.717, 1.165) is 0 Å². The molecular weight excluding hydrogens is 353 g/mol. The van der Waals surface area contributed by atoms with Crippen molar-refractivity contribution < 1.29 is 28.6 Å². The number of ether oxygens (including phenoxy) is 2. The lowest BCUT2D eigenvalue weighted by Gasteiger charge is -2.39. The number of carboxylic acid groups (broad SMARTS) is 1. The van der Waals surface area contributed by atoms with Crippen molar-refractivity contribution >= 4 is 11.9 Å². The Morgan fingerprint density at radius 1 is 1.15 bits per heavy atom. The molecule has 0 aromatic heterocycles. The normalized spacial score (nSPS) is 15.8. The first-order valence-corrected chi connectivity index (χ1v) is 8.53. The molecule has 2 N–H and O–H groups in total. The van der Waals surface area contributed by atoms with Gasteiger partial charge in [0.25, 0.3) is 5.91 Å². The van der Waals surface area contributed by atoms with Crippen molar-refractivity contribution in [3.8, 4) is 5.75 Å². The van der Waals surface area contributed by atoms with Crippen molar-refractivity contribution in [2.24, 2.45) is 0 Å². The van der Waals surface area contributed by atoms with Gasteiger partial charge in [-0.25, -0.2) is 9.18 Å². The summed E-state index contributed by atoms with van der Waals surface area (Å²) >= 11 is 0. The van der Waals surface area contributed by atoms with Gasteiger partial charge in [-0.15, -0.1) is 0 Å². The van der Waals surface area contributed by atoms with E-state index in [1.807, 2.05) is 0 Å². The summed E-state index contributed by atoms with van der Waals surface area (Å²) in [5.74, 6) is -2.02. The molecule has 0 atom stereocenters. The van der Waals surface area contributed by atoms with Crippen LogP contribution in [0.5, 0.6) is 5.75 Å². The Kier molecular flexibility index (Phi) is 5.41. The average molecular weight is 373 g/mol. The smallest absolute Gasteiger partial charge is 0.335 e. The van der Waals surface area contributed by atoms with Crippen LogP contribution in [0.4, 0.5) is 4.39 Å². The number of carbonyl (C=O) groups excluding carboxylic acids is 1. The second kappa shape index (κ2) is 7.75. The summed E-state index contributed by atoms with van der Waals surface area (Å²) in [5, 5.41) is 12.0. The Labute approximate surface area is 155 Å². The molecule has 1 fully saturated rings. The van der Waals surface area contributed by atoms with Crippen molar-refractivity contribution in [3.63, 3.8) is 0 Å². The van der Waals surface area contributed by atoms with Crippen LogP contribution < -0.4 is 10.1 Å². The van der Waals surface area contributed by atoms with E-state index in [1.165, 1.54) is 37.4 Å². The molecule has 2 aromatic carbocycles. The van der Waals surface area contributed by atoms with Gasteiger partial charge < -0.3 is 19.9 Å². The molecule has 3 rings (SSSR count). The lowest BCUT2D eigenvalue weighted by atomic mass is 9.81. The number of amides is 1. The monoisotopic (exact) mass is 373 g/mol. The second-order valence-corrected chi connectivity index (χ2v) is 6.36. The third-order valence-electron chi connectivity index (χ3n) is 4.77. The maximum absolute atomic E-state index is 14.9. The first-order valence-electron chi connectivity index (χ1n) is 8.53. The maximum Gasteiger partial charge on any atom is 0.335 e. The minimum Gasteiger partial charge on any atom is -0.494 e. The number of carboxylic acids is 1. The first-order chi connectivity index (χ1) is 13.0. The third-order valence-corrected chi connectivity index (χ3v) is 4.77. The first kappa shape index (κ1) is 18.8. The minimum absolute atomic E-state index is 0.0104. The van der Waals surface area contributed by atoms with Crippen LogP contribution in [0.1, 0.15) is 39.1 Å². The number of methoxy groups -OCH3 is 1. The molecule has 27 heavy (non-hydrogen) atoms. The number of hydrogen-bond acceptors (Lipinski definition) is 4. The Morgan fingerprint density at radius 2 is 1.81 bits per heavy atom. The van der Waals surface area contributed by atoms with Gasteiger partial charge in [0.2, 0.25) is 0 Å². The molecule has 6 nitrogen and oxygen atoms in total. The van der Waals surface area contributed by atoms with Gasteiger partial charge in [-0.1, -0.05) is 18.2 Å². The molecule has 0 bridgehead atoms. The fourth-order valence-electron chi connectivity index (χ4n) is 3.30. The molecule has 2 aromatic rings. The van der Waals surface area contributed by atoms with Crippen LogP contribution in [-0.4, -0.2) is 37.3 Å². The summed E-state index contributed by atoms with van der Waals surface area (Å²) in [4.78, 5) is 24.0. The summed E-state index contributed by atoms with van der Waals surface area (Å²) in [5.41, 5.74) is -0.430. The molecule has 142 valence electrons. The molecule has 1 saturated heterocycles. The van der Waals surface area contributed by atoms with Gasteiger partial charge >= 0.3 is 5.97 Å². The summed E-state index contributed by atoms with van der Waals surface area (Å²) in [6.07, 6.45) is 0.781. The van der Waals surface area contributed by atoms with Gasteiger partial charge in [-0.2, -0.15) is 0 Å². The summed E-state index contributed by atoms with van der Waals surface area (Å²) in [6.45, 7) is 0.734. The average Bonchev–Trinajstić information content (AvgIpc) is 2.69. The van der Waals surface area contributed by atoms with E-state index in [1.54, 1.807) is 12.1 Å². The SMILES string of the molecule is COc1cccc(C2(NC(=O)c3cccc(C(=O)O)c3)CCOCC2)c1F. The Balaban J connectivity index is 1.98. The van der Waals surface area contributed by atoms with E-state index in [-0.39, 0.29) is 16.9 Å². The van der Waals surface area contributed by atoms with Gasteiger partial charge in [-0.3, -0.25) is 4.79 Å². The highest BCUT2D eigenvalue weighted by molar-refractivity contribution is 5.97. The lowest BCUT2D eigenvalue weighted by Crippen LogP contribution is -2.50. The van der Waals surface area contributed by atoms with E-state index >= 15 is 0 Å². The van der Waals surface area contributed by atoms with Gasteiger partial charge in [0, 0.05) is 24.3 Å². The quantitative estimate of drug-likeness (QED) is 0.842. The van der Waals surface area contributed by atoms with Crippen molar-refractivity contribution in [1.29, 1.82) is 0 Å². The summed E-state index contributed by atoms with van der Waals surface area (Å²) < 4.78 is 25.4. The van der Waals surface area contributed by atoms with E-state index in [2.05, 4.69) is 5.32 Å². The fraction of sp³-hybridized carbons (Fsp3) is 0.300. The number of carbonyl (C=O) groups is 2. The van der Waals surface area contributed by atoms with Crippen LogP contribution >= 0.6 is 0 Å². The molecule has 1 heterocycles. The number of hydrogen-bond donors (Lipinski definition) is 2. The topological polar surface area (TPSA) is 84.9 Å². The van der Waals surface area contributed by atoms with Crippen LogP contribution in [0, 0.1) is 5.82 Å². The Bertz CT molecular complexity index is 861. The van der Waals surface area contributed by atoms with Crippen LogP contribution in [-0.2, 0) is 10.3 Å². The fourth-order valence-corrected chi connectivity index (χ4v) is 3.30. The van der Waals surface area contributed by atoms with Crippen molar-refractivity contribution in [2.45, 2.75) is 18.4 Å². The van der Waals surface area contributed by atoms with Crippen molar-refractivity contribution in [1.82, 2.24) is 5.32 Å². The summed E-state index contributed by atoms with van der Waals surface area (Å²) in [7, 11) is 1.38. The van der Waals surface area contributed by atoms with Crippen molar-refractivity contribution in [3.05, 3.63) is 65.0 Å². The Hall–Kier alpha value is -2.93. The standard InChI is InChI=1S/C20H20FNO5/c1-26-16-7-3-6-15(17(16)21)20(8-10-27-11-9-20)22-18(23)13-4-2-5-14(12-13)19(24)25/h2-7,12H,8-11H2,1H3,(H,22,23)(H,24,25). The minimum atomic E-state index is -1.12. The van der Waals surface area contributed by atoms with E-state index in [9.17, 15) is 14.0 Å². The molecule has 1 aliphatic heterocycles. The molecule has 1 aliphatic rings. The highest BCUT2D eigenvalue weighted by atomic mass is 19.1. The van der Waals surface area contributed by atoms with Crippen LogP contribution in [0.3, 0.4) is 0 Å². The third kappa shape index (κ3) is 3.78. The highest BCUT2D eigenvalue weighted by Gasteiger charge is 2.39. The molecule has 0 radical (unpaired) electrons. The van der Waals surface area contributed by atoms with Crippen LogP contribution in [0.15, 0.2) is 42.5 Å². The maximum atomic E-state index is 14.9. The van der Waals surface area contributed by atoms with Crippen LogP contribution in [0.25, 0.3) is 0 Å². The molecule has 7 heteroatoms. The predicted octanol–water partition coefficient (Wildman–Crippen LogP) is 2.97. The lowest BCUT2D eigenvalue weighted by molar-refractivity contribution is 0.0332. The Morgan fingerprint density at radius 3 is 2.48 bits per heavy atom. The zero-order chi connectivity index (χ0) is 19.4. The zero-order valence-electron chi connectivity index (χ0n) is 14.8. The molecule has 0 spiro atoms. The van der Waals surface area contributed by atoms with E-state index < -0.39 is 23.2 Å². The van der Waals surface area contributed by atoms with Gasteiger partial charge in [0.1, 0.15) is 0 Å². The number of rotatable bonds is 5. The molecule has 0 unspecified atom stereocenters. The summed E-state index contributed by atoms with van der Waals surface area (Å²) in [6, 6.07) is 10.5. The van der Waals surface area contributed by atoms with Gasteiger partial charge in [0.05, 0.1) is 18.2 Å². The number of aromatic carboxylic acids is 1. The number of nitrogens with one attached hydrogen (secondary N) is 1. The molecule has 1 amide bonds. The van der Waals surface area contributed by atoms with Crippen LogP contribution in [0.2, 0.25) is 0 Å². The highest BCUT2D eigenvalue weighted by Crippen LogP contribution is 2.36. The predicted molar refractivity (Wildman–Crippen MR) is 95.6 cm³/mol. The zero-order valence-corrected chi connectivity index (χ0v) is 14.8. The van der Waals surface area contributed by atoms with Gasteiger partial charge in [-0.05, 0) is 37.1 Å². The number of benzene rings is 2. The molecule has 0 saturated carbocycles. The van der Waals surface area contributed by atoms with E-state index in [4.69, 9.17) is 14.6 Å². The molecular formula is C20H20FNO5. The van der Waals surface area contributed by atoms with Gasteiger partial charge in [0.15, 0.2) is 11.6 Å². The second-order valence-electron chi connectivity index (χ2n) is 6.36. The van der Waals surface area contributed by atoms with E-state index in [0.29, 0.717) is 31.6 Å². The largest absolute Gasteiger partial charge is 0.494 e.